The zero-order chi connectivity index (χ0) is 13.4. The number of fused-ring (bicyclic) bond motifs is 1. The predicted molar refractivity (Wildman–Crippen MR) is 72.6 cm³/mol. The van der Waals surface area contributed by atoms with E-state index in [9.17, 15) is 4.79 Å². The van der Waals surface area contributed by atoms with Crippen LogP contribution in [0.1, 0.15) is 18.7 Å². The fourth-order valence-corrected chi connectivity index (χ4v) is 2.61. The number of rotatable bonds is 3. The van der Waals surface area contributed by atoms with Crippen molar-refractivity contribution in [2.75, 3.05) is 25.0 Å². The molecule has 3 rings (SSSR count). The maximum atomic E-state index is 11.5. The van der Waals surface area contributed by atoms with Gasteiger partial charge in [-0.25, -0.2) is 19.3 Å². The molecule has 2 aromatic rings. The highest BCUT2D eigenvalue weighted by Crippen LogP contribution is 2.14. The van der Waals surface area contributed by atoms with Gasteiger partial charge in [-0.15, -0.1) is 0 Å². The molecule has 2 aromatic heterocycles. The summed E-state index contributed by atoms with van der Waals surface area (Å²) in [6, 6.07) is 2.35. The molecule has 0 aliphatic carbocycles. The van der Waals surface area contributed by atoms with E-state index in [2.05, 4.69) is 25.4 Å². The lowest BCUT2D eigenvalue weighted by Crippen LogP contribution is -2.35. The number of nitrogens with zero attached hydrogens (tertiary/aromatic N) is 4. The number of aromatic amines is 1. The van der Waals surface area contributed by atoms with Gasteiger partial charge in [0.2, 0.25) is 0 Å². The van der Waals surface area contributed by atoms with Crippen LogP contribution in [0, 0.1) is 6.92 Å². The minimum absolute atomic E-state index is 0.244. The van der Waals surface area contributed by atoms with Crippen molar-refractivity contribution in [2.45, 2.75) is 25.8 Å². The van der Waals surface area contributed by atoms with Crippen molar-refractivity contribution in [2.24, 2.45) is 0 Å². The summed E-state index contributed by atoms with van der Waals surface area (Å²) in [4.78, 5) is 18.1. The quantitative estimate of drug-likeness (QED) is 0.808. The van der Waals surface area contributed by atoms with E-state index in [0.29, 0.717) is 17.5 Å². The fourth-order valence-electron chi connectivity index (χ4n) is 2.61. The Balaban J connectivity index is 1.89. The minimum Gasteiger partial charge on any atom is -0.358 e. The van der Waals surface area contributed by atoms with Gasteiger partial charge >= 0.3 is 5.69 Å². The van der Waals surface area contributed by atoms with Gasteiger partial charge < -0.3 is 10.2 Å². The molecule has 0 radical (unpaired) electrons. The Kier molecular flexibility index (Phi) is 2.98. The Labute approximate surface area is 110 Å². The maximum absolute atomic E-state index is 11.5. The average molecular weight is 262 g/mol. The van der Waals surface area contributed by atoms with E-state index in [4.69, 9.17) is 0 Å². The molecule has 19 heavy (non-hydrogen) atoms. The maximum Gasteiger partial charge on any atom is 0.349 e. The zero-order valence-electron chi connectivity index (χ0n) is 11.2. The first-order valence-electron chi connectivity index (χ1n) is 6.54. The highest BCUT2D eigenvalue weighted by molar-refractivity contribution is 5.51. The number of anilines is 1. The molecule has 3 heterocycles. The van der Waals surface area contributed by atoms with Crippen LogP contribution in [0.15, 0.2) is 10.9 Å². The Bertz CT molecular complexity index is 639. The van der Waals surface area contributed by atoms with E-state index in [1.807, 2.05) is 20.0 Å². The van der Waals surface area contributed by atoms with Crippen molar-refractivity contribution in [1.82, 2.24) is 24.9 Å². The van der Waals surface area contributed by atoms with E-state index in [0.717, 1.165) is 18.9 Å². The van der Waals surface area contributed by atoms with Gasteiger partial charge in [0.25, 0.3) is 0 Å². The molecule has 102 valence electrons. The Morgan fingerprint density at radius 3 is 3.16 bits per heavy atom. The highest BCUT2D eigenvalue weighted by Gasteiger charge is 2.17. The van der Waals surface area contributed by atoms with Crippen molar-refractivity contribution in [1.29, 1.82) is 0 Å². The van der Waals surface area contributed by atoms with Crippen LogP contribution < -0.4 is 15.9 Å². The molecule has 7 heteroatoms. The minimum atomic E-state index is -0.244. The number of hydrogen-bond donors (Lipinski definition) is 2. The van der Waals surface area contributed by atoms with Gasteiger partial charge in [-0.1, -0.05) is 0 Å². The molecule has 1 aliphatic heterocycles. The second kappa shape index (κ2) is 4.65. The van der Waals surface area contributed by atoms with Crippen molar-refractivity contribution in [3.63, 3.8) is 0 Å². The van der Waals surface area contributed by atoms with Crippen LogP contribution >= 0.6 is 0 Å². The summed E-state index contributed by atoms with van der Waals surface area (Å²) in [5.74, 6) is 1.50. The SMILES string of the molecule is Cc1nc(N(C)CC2CCCN2)cc2n[nH]c(=O)n12. The molecule has 0 spiro atoms. The highest BCUT2D eigenvalue weighted by atomic mass is 16.1. The molecule has 0 bridgehead atoms. The summed E-state index contributed by atoms with van der Waals surface area (Å²) in [5.41, 5.74) is 0.366. The normalized spacial score (nSPS) is 19.2. The van der Waals surface area contributed by atoms with Crippen LogP contribution in [-0.4, -0.2) is 45.8 Å². The van der Waals surface area contributed by atoms with Gasteiger partial charge in [-0.3, -0.25) is 0 Å². The number of hydrogen-bond acceptors (Lipinski definition) is 5. The van der Waals surface area contributed by atoms with Crippen molar-refractivity contribution < 1.29 is 0 Å². The number of aromatic nitrogens is 4. The first-order chi connectivity index (χ1) is 9.15. The van der Waals surface area contributed by atoms with Gasteiger partial charge in [-0.05, 0) is 26.3 Å². The van der Waals surface area contributed by atoms with Gasteiger partial charge in [0.15, 0.2) is 5.65 Å². The summed E-state index contributed by atoms with van der Waals surface area (Å²) in [5, 5.41) is 9.91. The van der Waals surface area contributed by atoms with Crippen molar-refractivity contribution in [3.05, 3.63) is 22.4 Å². The second-order valence-electron chi connectivity index (χ2n) is 5.06. The van der Waals surface area contributed by atoms with Crippen LogP contribution in [0.25, 0.3) is 5.65 Å². The molecule has 1 unspecified atom stereocenters. The summed E-state index contributed by atoms with van der Waals surface area (Å²) in [6.07, 6.45) is 2.44. The van der Waals surface area contributed by atoms with Crippen LogP contribution in [0.4, 0.5) is 5.82 Å². The molecular weight excluding hydrogens is 244 g/mol. The number of nitrogens with one attached hydrogen (secondary N) is 2. The molecule has 1 aliphatic rings. The molecule has 1 atom stereocenters. The number of aryl methyl sites for hydroxylation is 1. The van der Waals surface area contributed by atoms with E-state index < -0.39 is 0 Å². The Morgan fingerprint density at radius 1 is 1.58 bits per heavy atom. The molecule has 0 saturated carbocycles. The third-order valence-corrected chi connectivity index (χ3v) is 3.60. The van der Waals surface area contributed by atoms with E-state index >= 15 is 0 Å². The van der Waals surface area contributed by atoms with Crippen molar-refractivity contribution >= 4 is 11.5 Å². The largest absolute Gasteiger partial charge is 0.358 e. The summed E-state index contributed by atoms with van der Waals surface area (Å²) >= 11 is 0. The van der Waals surface area contributed by atoms with Crippen LogP contribution in [0.2, 0.25) is 0 Å². The lowest BCUT2D eigenvalue weighted by atomic mass is 10.2. The van der Waals surface area contributed by atoms with Crippen LogP contribution in [0.3, 0.4) is 0 Å². The van der Waals surface area contributed by atoms with E-state index in [1.165, 1.54) is 17.2 Å². The van der Waals surface area contributed by atoms with Gasteiger partial charge in [0, 0.05) is 25.7 Å². The van der Waals surface area contributed by atoms with Gasteiger partial charge in [0.1, 0.15) is 11.6 Å². The van der Waals surface area contributed by atoms with Gasteiger partial charge in [0.05, 0.1) is 0 Å². The zero-order valence-corrected chi connectivity index (χ0v) is 11.2. The van der Waals surface area contributed by atoms with Crippen LogP contribution in [-0.2, 0) is 0 Å². The third kappa shape index (κ3) is 2.21. The summed E-state index contributed by atoms with van der Waals surface area (Å²) in [6.45, 7) is 3.82. The first kappa shape index (κ1) is 12.2. The molecule has 7 nitrogen and oxygen atoms in total. The standard InChI is InChI=1S/C12H18N6O/c1-8-14-10(6-11-15-16-12(19)18(8)11)17(2)7-9-4-3-5-13-9/h6,9,13H,3-5,7H2,1-2H3,(H,16,19). The van der Waals surface area contributed by atoms with Crippen LogP contribution in [0.5, 0.6) is 0 Å². The molecular formula is C12H18N6O. The first-order valence-corrected chi connectivity index (χ1v) is 6.54. The second-order valence-corrected chi connectivity index (χ2v) is 5.06. The number of likely N-dealkylation sites (N-methyl/N-ethyl adjacent to an activating group) is 1. The smallest absolute Gasteiger partial charge is 0.349 e. The summed E-state index contributed by atoms with van der Waals surface area (Å²) in [7, 11) is 2.02. The van der Waals surface area contributed by atoms with Gasteiger partial charge in [-0.2, -0.15) is 5.10 Å². The predicted octanol–water partition coefficient (Wildman–Crippen LogP) is -0.0858. The monoisotopic (exact) mass is 262 g/mol. The Morgan fingerprint density at radius 2 is 2.42 bits per heavy atom. The van der Waals surface area contributed by atoms with E-state index in [-0.39, 0.29) is 5.69 Å². The molecule has 0 aromatic carbocycles. The van der Waals surface area contributed by atoms with E-state index in [1.54, 1.807) is 0 Å². The lowest BCUT2D eigenvalue weighted by molar-refractivity contribution is 0.596. The number of H-pyrrole nitrogens is 1. The molecule has 0 amide bonds. The van der Waals surface area contributed by atoms with Crippen molar-refractivity contribution in [3.8, 4) is 0 Å². The molecule has 1 saturated heterocycles. The molecule has 1 fully saturated rings. The topological polar surface area (TPSA) is 78.3 Å². The third-order valence-electron chi connectivity index (χ3n) is 3.60. The summed E-state index contributed by atoms with van der Waals surface area (Å²) < 4.78 is 1.48. The average Bonchev–Trinajstić information content (AvgIpc) is 2.99. The molecule has 2 N–H and O–H groups in total. The fraction of sp³-hybridized carbons (Fsp3) is 0.583. The lowest BCUT2D eigenvalue weighted by Gasteiger charge is -2.22. The Hall–Kier alpha value is -1.89.